The van der Waals surface area contributed by atoms with Gasteiger partial charge in [-0.3, -0.25) is 9.82 Å². The maximum atomic E-state index is 11.8. The Hall–Kier alpha value is -2.35. The molecule has 1 fully saturated rings. The Morgan fingerprint density at radius 3 is 2.68 bits per heavy atom. The molecular formula is C17H27N5O3. The Bertz CT molecular complexity index is 520. The first-order chi connectivity index (χ1) is 12.3. The Morgan fingerprint density at radius 1 is 1.12 bits per heavy atom. The summed E-state index contributed by atoms with van der Waals surface area (Å²) >= 11 is 0. The second-order valence-electron chi connectivity index (χ2n) is 5.91. The topological polar surface area (TPSA) is 95.6 Å². The van der Waals surface area contributed by atoms with Gasteiger partial charge >= 0.3 is 12.1 Å². The van der Waals surface area contributed by atoms with Crippen molar-refractivity contribution in [2.24, 2.45) is 0 Å². The molecular weight excluding hydrogens is 322 g/mol. The minimum Gasteiger partial charge on any atom is -0.338 e. The lowest BCUT2D eigenvalue weighted by atomic mass is 10.2. The predicted molar refractivity (Wildman–Crippen MR) is 93.6 cm³/mol. The molecule has 3 N–H and O–H groups in total. The molecule has 0 spiro atoms. The fourth-order valence-electron chi connectivity index (χ4n) is 2.42. The highest BCUT2D eigenvalue weighted by Gasteiger charge is 2.16. The predicted octanol–water partition coefficient (Wildman–Crippen LogP) is 1.79. The van der Waals surface area contributed by atoms with Crippen molar-refractivity contribution >= 4 is 12.1 Å². The van der Waals surface area contributed by atoms with Gasteiger partial charge in [0.1, 0.15) is 0 Å². The highest BCUT2D eigenvalue weighted by Crippen LogP contribution is 2.05. The highest BCUT2D eigenvalue weighted by atomic mass is 16.7. The third kappa shape index (κ3) is 7.84. The van der Waals surface area contributed by atoms with E-state index in [-0.39, 0.29) is 12.1 Å². The van der Waals surface area contributed by atoms with Crippen molar-refractivity contribution in [2.75, 3.05) is 26.2 Å². The molecule has 0 atom stereocenters. The van der Waals surface area contributed by atoms with Crippen LogP contribution in [-0.2, 0) is 11.4 Å². The largest absolute Gasteiger partial charge is 0.341 e. The molecule has 0 aliphatic carbocycles. The summed E-state index contributed by atoms with van der Waals surface area (Å²) in [5.74, 6) is 0. The second-order valence-corrected chi connectivity index (χ2v) is 5.91. The highest BCUT2D eigenvalue weighted by molar-refractivity contribution is 5.73. The first-order valence-electron chi connectivity index (χ1n) is 8.84. The molecule has 8 nitrogen and oxygen atoms in total. The number of pyridine rings is 1. The molecule has 1 aromatic rings. The van der Waals surface area contributed by atoms with E-state index in [2.05, 4.69) is 20.9 Å². The summed E-state index contributed by atoms with van der Waals surface area (Å²) in [6.45, 7) is 2.96. The Morgan fingerprint density at radius 2 is 1.96 bits per heavy atom. The van der Waals surface area contributed by atoms with E-state index >= 15 is 0 Å². The van der Waals surface area contributed by atoms with E-state index < -0.39 is 0 Å². The number of carbonyl (C=O) groups is 2. The molecule has 0 unspecified atom stereocenters. The van der Waals surface area contributed by atoms with Gasteiger partial charge in [-0.25, -0.2) is 14.7 Å². The van der Waals surface area contributed by atoms with Gasteiger partial charge in [0, 0.05) is 32.0 Å². The van der Waals surface area contributed by atoms with Crippen LogP contribution in [0, 0.1) is 0 Å². The summed E-state index contributed by atoms with van der Waals surface area (Å²) in [7, 11) is 0. The monoisotopic (exact) mass is 349 g/mol. The molecule has 1 saturated heterocycles. The number of unbranched alkanes of at least 4 members (excludes halogenated alkanes) is 2. The van der Waals surface area contributed by atoms with Crippen LogP contribution >= 0.6 is 0 Å². The van der Waals surface area contributed by atoms with Crippen molar-refractivity contribution < 1.29 is 14.4 Å². The lowest BCUT2D eigenvalue weighted by molar-refractivity contribution is -0.139. The SMILES string of the molecule is O=C(NCCCCCNC(=O)N1CCCCO1)NCc1cccnc1. The Balaban J connectivity index is 1.42. The lowest BCUT2D eigenvalue weighted by Crippen LogP contribution is -2.43. The average molecular weight is 349 g/mol. The number of nitrogens with one attached hydrogen (secondary N) is 3. The summed E-state index contributed by atoms with van der Waals surface area (Å²) in [5, 5.41) is 9.85. The van der Waals surface area contributed by atoms with Crippen molar-refractivity contribution in [3.05, 3.63) is 30.1 Å². The molecule has 1 aliphatic rings. The van der Waals surface area contributed by atoms with Crippen molar-refractivity contribution in [2.45, 2.75) is 38.6 Å². The van der Waals surface area contributed by atoms with E-state index in [9.17, 15) is 9.59 Å². The van der Waals surface area contributed by atoms with E-state index in [0.29, 0.717) is 32.8 Å². The molecule has 2 heterocycles. The number of carbonyl (C=O) groups excluding carboxylic acids is 2. The molecule has 0 bridgehead atoms. The Kier molecular flexibility index (Phi) is 8.54. The van der Waals surface area contributed by atoms with Gasteiger partial charge in [0.15, 0.2) is 0 Å². The fourth-order valence-corrected chi connectivity index (χ4v) is 2.42. The van der Waals surface area contributed by atoms with Crippen LogP contribution in [0.2, 0.25) is 0 Å². The molecule has 8 heteroatoms. The zero-order valence-corrected chi connectivity index (χ0v) is 14.5. The molecule has 1 aliphatic heterocycles. The van der Waals surface area contributed by atoms with Crippen molar-refractivity contribution in [1.29, 1.82) is 0 Å². The van der Waals surface area contributed by atoms with E-state index in [0.717, 1.165) is 37.7 Å². The van der Waals surface area contributed by atoms with E-state index in [1.54, 1.807) is 12.4 Å². The standard InChI is InChI=1S/C17H27N5O3/c23-16(21-14-15-7-6-8-18-13-15)19-9-2-1-3-10-20-17(24)22-11-4-5-12-25-22/h6-8,13H,1-5,9-12,14H2,(H,20,24)(H2,19,21,23). The summed E-state index contributed by atoms with van der Waals surface area (Å²) in [5.41, 5.74) is 0.964. The normalized spacial score (nSPS) is 14.0. The zero-order valence-electron chi connectivity index (χ0n) is 14.5. The van der Waals surface area contributed by atoms with Gasteiger partial charge in [-0.05, 0) is 43.7 Å². The molecule has 25 heavy (non-hydrogen) atoms. The van der Waals surface area contributed by atoms with Crippen LogP contribution in [0.4, 0.5) is 9.59 Å². The van der Waals surface area contributed by atoms with Crippen LogP contribution in [0.3, 0.4) is 0 Å². The smallest absolute Gasteiger partial charge is 0.338 e. The van der Waals surface area contributed by atoms with Crippen LogP contribution in [0.5, 0.6) is 0 Å². The maximum Gasteiger partial charge on any atom is 0.341 e. The summed E-state index contributed by atoms with van der Waals surface area (Å²) in [4.78, 5) is 32.7. The number of urea groups is 2. The van der Waals surface area contributed by atoms with Gasteiger partial charge in [0.25, 0.3) is 0 Å². The lowest BCUT2D eigenvalue weighted by Gasteiger charge is -2.25. The summed E-state index contributed by atoms with van der Waals surface area (Å²) in [6, 6.07) is 3.41. The van der Waals surface area contributed by atoms with Crippen LogP contribution in [-0.4, -0.2) is 48.4 Å². The first kappa shape index (κ1) is 19.0. The number of nitrogens with zero attached hydrogens (tertiary/aromatic N) is 2. The second kappa shape index (κ2) is 11.2. The van der Waals surface area contributed by atoms with Gasteiger partial charge in [-0.1, -0.05) is 6.07 Å². The average Bonchev–Trinajstić information content (AvgIpc) is 2.67. The van der Waals surface area contributed by atoms with Crippen molar-refractivity contribution in [3.63, 3.8) is 0 Å². The van der Waals surface area contributed by atoms with Crippen LogP contribution in [0.15, 0.2) is 24.5 Å². The van der Waals surface area contributed by atoms with E-state index in [4.69, 9.17) is 4.84 Å². The molecule has 1 aromatic heterocycles. The molecule has 4 amide bonds. The fraction of sp³-hybridized carbons (Fsp3) is 0.588. The Labute approximate surface area is 148 Å². The number of hydrogen-bond donors (Lipinski definition) is 3. The quantitative estimate of drug-likeness (QED) is 0.624. The zero-order chi connectivity index (χ0) is 17.7. The third-order valence-corrected chi connectivity index (χ3v) is 3.82. The first-order valence-corrected chi connectivity index (χ1v) is 8.84. The van der Waals surface area contributed by atoms with Crippen molar-refractivity contribution in [3.8, 4) is 0 Å². The van der Waals surface area contributed by atoms with Gasteiger partial charge in [0.2, 0.25) is 0 Å². The van der Waals surface area contributed by atoms with Crippen LogP contribution in [0.1, 0.15) is 37.7 Å². The molecule has 0 saturated carbocycles. The maximum absolute atomic E-state index is 11.8. The van der Waals surface area contributed by atoms with Crippen molar-refractivity contribution in [1.82, 2.24) is 26.0 Å². The molecule has 0 aromatic carbocycles. The summed E-state index contributed by atoms with van der Waals surface area (Å²) < 4.78 is 0. The summed E-state index contributed by atoms with van der Waals surface area (Å²) in [6.07, 6.45) is 8.10. The number of amides is 4. The van der Waals surface area contributed by atoms with Gasteiger partial charge in [-0.2, -0.15) is 0 Å². The number of hydrogen-bond acceptors (Lipinski definition) is 4. The molecule has 2 rings (SSSR count). The number of rotatable bonds is 8. The van der Waals surface area contributed by atoms with E-state index in [1.165, 1.54) is 5.06 Å². The molecule has 138 valence electrons. The van der Waals surface area contributed by atoms with Gasteiger partial charge in [-0.15, -0.1) is 0 Å². The minimum absolute atomic E-state index is 0.160. The van der Waals surface area contributed by atoms with Crippen LogP contribution in [0.25, 0.3) is 0 Å². The molecule has 0 radical (unpaired) electrons. The van der Waals surface area contributed by atoms with E-state index in [1.807, 2.05) is 12.1 Å². The minimum atomic E-state index is -0.181. The van der Waals surface area contributed by atoms with Crippen LogP contribution < -0.4 is 16.0 Å². The van der Waals surface area contributed by atoms with Gasteiger partial charge in [0.05, 0.1) is 13.2 Å². The number of aromatic nitrogens is 1. The number of hydroxylamine groups is 2. The van der Waals surface area contributed by atoms with Gasteiger partial charge < -0.3 is 16.0 Å². The third-order valence-electron chi connectivity index (χ3n) is 3.82.